The van der Waals surface area contributed by atoms with Gasteiger partial charge in [-0.3, -0.25) is 14.5 Å². The number of carbonyl (C=O) groups is 2. The Kier molecular flexibility index (Phi) is 3.99. The van der Waals surface area contributed by atoms with Crippen molar-refractivity contribution in [3.8, 4) is 0 Å². The van der Waals surface area contributed by atoms with Crippen molar-refractivity contribution in [2.75, 3.05) is 32.7 Å². The van der Waals surface area contributed by atoms with Crippen LogP contribution in [-0.4, -0.2) is 60.4 Å². The van der Waals surface area contributed by atoms with Crippen LogP contribution in [0.15, 0.2) is 0 Å². The molecule has 1 saturated carbocycles. The van der Waals surface area contributed by atoms with Gasteiger partial charge in [0.15, 0.2) is 0 Å². The summed E-state index contributed by atoms with van der Waals surface area (Å²) in [5, 5.41) is 2.99. The van der Waals surface area contributed by atoms with Gasteiger partial charge in [-0.05, 0) is 12.8 Å². The predicted octanol–water partition coefficient (Wildman–Crippen LogP) is -0.181. The zero-order valence-electron chi connectivity index (χ0n) is 10.4. The summed E-state index contributed by atoms with van der Waals surface area (Å²) in [5.41, 5.74) is 0. The molecule has 1 heterocycles. The number of piperazine rings is 1. The largest absolute Gasteiger partial charge is 0.352 e. The van der Waals surface area contributed by atoms with Crippen LogP contribution >= 0.6 is 0 Å². The van der Waals surface area contributed by atoms with Gasteiger partial charge in [-0.15, -0.1) is 0 Å². The van der Waals surface area contributed by atoms with E-state index in [2.05, 4.69) is 10.2 Å². The first kappa shape index (κ1) is 12.4. The molecule has 96 valence electrons. The van der Waals surface area contributed by atoms with E-state index in [0.29, 0.717) is 19.0 Å². The predicted molar refractivity (Wildman–Crippen MR) is 64.5 cm³/mol. The number of nitrogens with one attached hydrogen (secondary N) is 1. The summed E-state index contributed by atoms with van der Waals surface area (Å²) >= 11 is 0. The van der Waals surface area contributed by atoms with E-state index in [1.54, 1.807) is 0 Å². The maximum Gasteiger partial charge on any atom is 0.234 e. The second-order valence-corrected chi connectivity index (χ2v) is 4.85. The molecule has 0 spiro atoms. The van der Waals surface area contributed by atoms with Crippen LogP contribution in [0, 0.1) is 0 Å². The van der Waals surface area contributed by atoms with Gasteiger partial charge in [0.1, 0.15) is 0 Å². The molecule has 17 heavy (non-hydrogen) atoms. The molecule has 1 aliphatic heterocycles. The first-order chi connectivity index (χ1) is 8.19. The molecule has 5 nitrogen and oxygen atoms in total. The Labute approximate surface area is 102 Å². The van der Waals surface area contributed by atoms with Gasteiger partial charge in [-0.1, -0.05) is 6.92 Å². The summed E-state index contributed by atoms with van der Waals surface area (Å²) in [7, 11) is 0. The normalized spacial score (nSPS) is 21.4. The average molecular weight is 239 g/mol. The summed E-state index contributed by atoms with van der Waals surface area (Å²) in [4.78, 5) is 27.1. The van der Waals surface area contributed by atoms with Crippen molar-refractivity contribution >= 4 is 11.8 Å². The van der Waals surface area contributed by atoms with Crippen molar-refractivity contribution in [3.05, 3.63) is 0 Å². The van der Waals surface area contributed by atoms with E-state index in [4.69, 9.17) is 0 Å². The summed E-state index contributed by atoms with van der Waals surface area (Å²) < 4.78 is 0. The molecule has 0 bridgehead atoms. The van der Waals surface area contributed by atoms with Crippen LogP contribution in [-0.2, 0) is 9.59 Å². The van der Waals surface area contributed by atoms with E-state index in [-0.39, 0.29) is 11.8 Å². The van der Waals surface area contributed by atoms with Crippen LogP contribution in [0.3, 0.4) is 0 Å². The molecule has 0 aromatic rings. The maximum atomic E-state index is 11.6. The highest BCUT2D eigenvalue weighted by atomic mass is 16.2. The zero-order chi connectivity index (χ0) is 12.3. The molecule has 2 fully saturated rings. The van der Waals surface area contributed by atoms with Gasteiger partial charge in [0.25, 0.3) is 0 Å². The zero-order valence-corrected chi connectivity index (χ0v) is 10.4. The minimum absolute atomic E-state index is 0.128. The Morgan fingerprint density at radius 1 is 1.18 bits per heavy atom. The summed E-state index contributed by atoms with van der Waals surface area (Å²) in [6, 6.07) is 0.436. The molecule has 5 heteroatoms. The minimum Gasteiger partial charge on any atom is -0.352 e. The molecule has 1 aliphatic carbocycles. The van der Waals surface area contributed by atoms with Gasteiger partial charge in [0.05, 0.1) is 6.54 Å². The Bertz CT molecular complexity index is 294. The molecule has 0 atom stereocenters. The topological polar surface area (TPSA) is 52.7 Å². The number of nitrogens with zero attached hydrogens (tertiary/aromatic N) is 2. The average Bonchev–Trinajstić information content (AvgIpc) is 3.12. The van der Waals surface area contributed by atoms with E-state index >= 15 is 0 Å². The number of rotatable bonds is 4. The van der Waals surface area contributed by atoms with Gasteiger partial charge in [-0.2, -0.15) is 0 Å². The lowest BCUT2D eigenvalue weighted by Crippen LogP contribution is -2.51. The molecular weight excluding hydrogens is 218 g/mol. The number of amides is 2. The molecule has 0 radical (unpaired) electrons. The van der Waals surface area contributed by atoms with E-state index in [9.17, 15) is 9.59 Å². The first-order valence-corrected chi connectivity index (χ1v) is 6.48. The van der Waals surface area contributed by atoms with Crippen molar-refractivity contribution < 1.29 is 9.59 Å². The van der Waals surface area contributed by atoms with Crippen molar-refractivity contribution in [3.63, 3.8) is 0 Å². The van der Waals surface area contributed by atoms with Gasteiger partial charge in [0, 0.05) is 38.6 Å². The molecule has 2 amide bonds. The third-order valence-corrected chi connectivity index (χ3v) is 3.34. The Balaban J connectivity index is 1.67. The van der Waals surface area contributed by atoms with Crippen LogP contribution in [0.25, 0.3) is 0 Å². The van der Waals surface area contributed by atoms with E-state index in [1.807, 2.05) is 11.8 Å². The molecule has 1 N–H and O–H groups in total. The fraction of sp³-hybridized carbons (Fsp3) is 0.833. The van der Waals surface area contributed by atoms with Crippen LogP contribution in [0.2, 0.25) is 0 Å². The monoisotopic (exact) mass is 239 g/mol. The van der Waals surface area contributed by atoms with Crippen LogP contribution in [0.1, 0.15) is 26.2 Å². The third-order valence-electron chi connectivity index (χ3n) is 3.34. The van der Waals surface area contributed by atoms with Crippen LogP contribution < -0.4 is 5.32 Å². The fourth-order valence-corrected chi connectivity index (χ4v) is 2.08. The first-order valence-electron chi connectivity index (χ1n) is 6.48. The third kappa shape index (κ3) is 3.70. The number of hydrogen-bond donors (Lipinski definition) is 1. The van der Waals surface area contributed by atoms with Gasteiger partial charge >= 0.3 is 0 Å². The van der Waals surface area contributed by atoms with Crippen LogP contribution in [0.5, 0.6) is 0 Å². The van der Waals surface area contributed by atoms with Crippen molar-refractivity contribution in [1.82, 2.24) is 15.1 Å². The summed E-state index contributed by atoms with van der Waals surface area (Å²) in [6.45, 7) is 5.49. The minimum atomic E-state index is 0.128. The second kappa shape index (κ2) is 5.49. The molecule has 0 aromatic carbocycles. The molecule has 0 unspecified atom stereocenters. The van der Waals surface area contributed by atoms with E-state index in [0.717, 1.165) is 39.0 Å². The molecule has 2 aliphatic rings. The maximum absolute atomic E-state index is 11.6. The Morgan fingerprint density at radius 3 is 2.35 bits per heavy atom. The smallest absolute Gasteiger partial charge is 0.234 e. The lowest BCUT2D eigenvalue weighted by molar-refractivity contribution is -0.132. The second-order valence-electron chi connectivity index (χ2n) is 4.85. The Hall–Kier alpha value is -1.10. The van der Waals surface area contributed by atoms with Gasteiger partial charge in [-0.25, -0.2) is 0 Å². The molecule has 1 saturated heterocycles. The summed E-state index contributed by atoms with van der Waals surface area (Å²) in [6.07, 6.45) is 2.83. The van der Waals surface area contributed by atoms with Crippen molar-refractivity contribution in [2.24, 2.45) is 0 Å². The highest BCUT2D eigenvalue weighted by Gasteiger charge is 2.25. The SMILES string of the molecule is CCC(=O)N1CCN(CC(=O)NC2CC2)CC1. The van der Waals surface area contributed by atoms with Crippen molar-refractivity contribution in [2.45, 2.75) is 32.2 Å². The standard InChI is InChI=1S/C12H21N3O2/c1-2-12(17)15-7-5-14(6-8-15)9-11(16)13-10-3-4-10/h10H,2-9H2,1H3,(H,13,16). The quantitative estimate of drug-likeness (QED) is 0.740. The molecule has 0 aromatic heterocycles. The van der Waals surface area contributed by atoms with Gasteiger partial charge < -0.3 is 10.2 Å². The highest BCUT2D eigenvalue weighted by Crippen LogP contribution is 2.18. The molecule has 2 rings (SSSR count). The van der Waals surface area contributed by atoms with E-state index in [1.165, 1.54) is 0 Å². The number of carbonyl (C=O) groups excluding carboxylic acids is 2. The van der Waals surface area contributed by atoms with Crippen LogP contribution in [0.4, 0.5) is 0 Å². The summed E-state index contributed by atoms with van der Waals surface area (Å²) in [5.74, 6) is 0.342. The Morgan fingerprint density at radius 2 is 1.82 bits per heavy atom. The number of hydrogen-bond acceptors (Lipinski definition) is 3. The lowest BCUT2D eigenvalue weighted by atomic mass is 10.3. The molecular formula is C12H21N3O2. The lowest BCUT2D eigenvalue weighted by Gasteiger charge is -2.34. The fourth-order valence-electron chi connectivity index (χ4n) is 2.08. The van der Waals surface area contributed by atoms with Gasteiger partial charge in [0.2, 0.25) is 11.8 Å². The highest BCUT2D eigenvalue weighted by molar-refractivity contribution is 5.79. The van der Waals surface area contributed by atoms with Crippen molar-refractivity contribution in [1.29, 1.82) is 0 Å². The van der Waals surface area contributed by atoms with E-state index < -0.39 is 0 Å².